The van der Waals surface area contributed by atoms with Crippen molar-refractivity contribution in [3.05, 3.63) is 83.6 Å². The molecule has 0 saturated heterocycles. The maximum atomic E-state index is 13.4. The molecule has 9 heteroatoms. The molecule has 1 aliphatic heterocycles. The van der Waals surface area contributed by atoms with Crippen LogP contribution in [0.15, 0.2) is 66.7 Å². The Labute approximate surface area is 186 Å². The number of benzene rings is 3. The van der Waals surface area contributed by atoms with Gasteiger partial charge in [0.2, 0.25) is 5.95 Å². The SMILES string of the molecule is Nc1nc(C(=O)N2Cc3ccccc3C2)c2cc(-c3ccccc3OC(F)(F)F)ccc2n1. The highest BCUT2D eigenvalue weighted by Crippen LogP contribution is 2.35. The summed E-state index contributed by atoms with van der Waals surface area (Å²) < 4.78 is 42.8. The molecule has 33 heavy (non-hydrogen) atoms. The summed E-state index contributed by atoms with van der Waals surface area (Å²) in [6.45, 7) is 0.866. The number of hydrogen-bond acceptors (Lipinski definition) is 5. The van der Waals surface area contributed by atoms with Gasteiger partial charge in [0.05, 0.1) is 5.52 Å². The first-order valence-corrected chi connectivity index (χ1v) is 10.1. The zero-order valence-corrected chi connectivity index (χ0v) is 17.1. The molecule has 2 heterocycles. The van der Waals surface area contributed by atoms with Crippen molar-refractivity contribution >= 4 is 22.8 Å². The highest BCUT2D eigenvalue weighted by molar-refractivity contribution is 6.06. The number of hydrogen-bond donors (Lipinski definition) is 1. The third-order valence-electron chi connectivity index (χ3n) is 5.47. The lowest BCUT2D eigenvalue weighted by Gasteiger charge is -2.17. The number of carbonyl (C=O) groups is 1. The van der Waals surface area contributed by atoms with E-state index < -0.39 is 6.36 Å². The molecule has 0 radical (unpaired) electrons. The number of alkyl halides is 3. The molecule has 1 amide bonds. The predicted molar refractivity (Wildman–Crippen MR) is 116 cm³/mol. The summed E-state index contributed by atoms with van der Waals surface area (Å²) in [7, 11) is 0. The van der Waals surface area contributed by atoms with Crippen LogP contribution in [0, 0.1) is 0 Å². The Morgan fingerprint density at radius 2 is 1.61 bits per heavy atom. The zero-order valence-electron chi connectivity index (χ0n) is 17.1. The zero-order chi connectivity index (χ0) is 23.2. The van der Waals surface area contributed by atoms with Crippen molar-refractivity contribution in [2.45, 2.75) is 19.5 Å². The number of ether oxygens (including phenoxy) is 1. The van der Waals surface area contributed by atoms with Gasteiger partial charge in [0.15, 0.2) is 0 Å². The van der Waals surface area contributed by atoms with Gasteiger partial charge in [0.25, 0.3) is 5.91 Å². The normalized spacial score (nSPS) is 13.2. The monoisotopic (exact) mass is 450 g/mol. The predicted octanol–water partition coefficient (Wildman–Crippen LogP) is 4.93. The summed E-state index contributed by atoms with van der Waals surface area (Å²) in [5, 5.41) is 0.393. The number of rotatable bonds is 3. The van der Waals surface area contributed by atoms with Crippen molar-refractivity contribution < 1.29 is 22.7 Å². The summed E-state index contributed by atoms with van der Waals surface area (Å²) in [4.78, 5) is 23.4. The number of carbonyl (C=O) groups excluding carboxylic acids is 1. The number of nitrogen functional groups attached to an aromatic ring is 1. The first-order chi connectivity index (χ1) is 15.8. The number of anilines is 1. The molecule has 0 atom stereocenters. The molecule has 4 aromatic rings. The summed E-state index contributed by atoms with van der Waals surface area (Å²) in [6.07, 6.45) is -4.84. The van der Waals surface area contributed by atoms with Gasteiger partial charge in [-0.05, 0) is 34.9 Å². The van der Waals surface area contributed by atoms with E-state index in [1.807, 2.05) is 24.3 Å². The number of nitrogens with two attached hydrogens (primary N) is 1. The quantitative estimate of drug-likeness (QED) is 0.479. The molecule has 0 bridgehead atoms. The van der Waals surface area contributed by atoms with Gasteiger partial charge in [0.1, 0.15) is 11.4 Å². The Hall–Kier alpha value is -4.14. The van der Waals surface area contributed by atoms with Gasteiger partial charge in [-0.2, -0.15) is 0 Å². The Morgan fingerprint density at radius 1 is 0.939 bits per heavy atom. The molecule has 1 aliphatic rings. The molecule has 0 unspecified atom stereocenters. The van der Waals surface area contributed by atoms with Crippen LogP contribution in [-0.2, 0) is 13.1 Å². The van der Waals surface area contributed by atoms with Crippen LogP contribution in [0.4, 0.5) is 19.1 Å². The Bertz CT molecular complexity index is 1360. The van der Waals surface area contributed by atoms with E-state index in [-0.39, 0.29) is 28.9 Å². The van der Waals surface area contributed by atoms with Crippen molar-refractivity contribution in [3.8, 4) is 16.9 Å². The second-order valence-electron chi connectivity index (χ2n) is 7.64. The molecule has 2 N–H and O–H groups in total. The second-order valence-corrected chi connectivity index (χ2v) is 7.64. The fourth-order valence-corrected chi connectivity index (χ4v) is 4.02. The average Bonchev–Trinajstić information content (AvgIpc) is 3.21. The van der Waals surface area contributed by atoms with Gasteiger partial charge < -0.3 is 15.4 Å². The van der Waals surface area contributed by atoms with E-state index in [4.69, 9.17) is 5.73 Å². The van der Waals surface area contributed by atoms with E-state index in [1.54, 1.807) is 29.2 Å². The van der Waals surface area contributed by atoms with Gasteiger partial charge in [-0.1, -0.05) is 48.5 Å². The minimum absolute atomic E-state index is 0.0592. The van der Waals surface area contributed by atoms with Gasteiger partial charge >= 0.3 is 6.36 Å². The van der Waals surface area contributed by atoms with Crippen LogP contribution in [0.1, 0.15) is 21.6 Å². The van der Waals surface area contributed by atoms with Gasteiger partial charge in [-0.3, -0.25) is 4.79 Å². The molecule has 1 aromatic heterocycles. The minimum atomic E-state index is -4.84. The number of amides is 1. The van der Waals surface area contributed by atoms with Crippen molar-refractivity contribution in [2.24, 2.45) is 0 Å². The van der Waals surface area contributed by atoms with Crippen molar-refractivity contribution in [1.29, 1.82) is 0 Å². The van der Waals surface area contributed by atoms with E-state index in [2.05, 4.69) is 14.7 Å². The molecular weight excluding hydrogens is 433 g/mol. The smallest absolute Gasteiger partial charge is 0.405 e. The molecule has 0 saturated carbocycles. The van der Waals surface area contributed by atoms with Crippen LogP contribution in [0.3, 0.4) is 0 Å². The molecule has 3 aromatic carbocycles. The Kier molecular flexibility index (Phi) is 4.88. The van der Waals surface area contributed by atoms with Crippen LogP contribution >= 0.6 is 0 Å². The summed E-state index contributed by atoms with van der Waals surface area (Å²) in [6, 6.07) is 18.4. The second kappa shape index (κ2) is 7.77. The van der Waals surface area contributed by atoms with Gasteiger partial charge in [0, 0.05) is 24.0 Å². The fraction of sp³-hybridized carbons (Fsp3) is 0.125. The van der Waals surface area contributed by atoms with E-state index in [9.17, 15) is 18.0 Å². The molecule has 5 rings (SSSR count). The molecule has 0 aliphatic carbocycles. The van der Waals surface area contributed by atoms with Crippen LogP contribution in [0.5, 0.6) is 5.75 Å². The van der Waals surface area contributed by atoms with Gasteiger partial charge in [-0.25, -0.2) is 9.97 Å². The first-order valence-electron chi connectivity index (χ1n) is 10.1. The van der Waals surface area contributed by atoms with Crippen LogP contribution in [0.2, 0.25) is 0 Å². The molecule has 6 nitrogen and oxygen atoms in total. The van der Waals surface area contributed by atoms with E-state index in [1.165, 1.54) is 18.2 Å². The van der Waals surface area contributed by atoms with Gasteiger partial charge in [-0.15, -0.1) is 13.2 Å². The average molecular weight is 450 g/mol. The highest BCUT2D eigenvalue weighted by atomic mass is 19.4. The van der Waals surface area contributed by atoms with Crippen LogP contribution < -0.4 is 10.5 Å². The van der Waals surface area contributed by atoms with Crippen molar-refractivity contribution in [2.75, 3.05) is 5.73 Å². The maximum absolute atomic E-state index is 13.4. The topological polar surface area (TPSA) is 81.3 Å². The first kappa shape index (κ1) is 20.7. The van der Waals surface area contributed by atoms with Crippen molar-refractivity contribution in [3.63, 3.8) is 0 Å². The Balaban J connectivity index is 1.58. The summed E-state index contributed by atoms with van der Waals surface area (Å²) in [5.41, 5.74) is 9.12. The van der Waals surface area contributed by atoms with E-state index in [0.717, 1.165) is 11.1 Å². The third-order valence-corrected chi connectivity index (χ3v) is 5.47. The number of para-hydroxylation sites is 1. The molecular formula is C24H17F3N4O2. The molecule has 166 valence electrons. The third kappa shape index (κ3) is 4.05. The fourth-order valence-electron chi connectivity index (χ4n) is 4.02. The van der Waals surface area contributed by atoms with E-state index in [0.29, 0.717) is 29.6 Å². The molecule has 0 fully saturated rings. The number of aromatic nitrogens is 2. The Morgan fingerprint density at radius 3 is 2.30 bits per heavy atom. The standard InChI is InChI=1S/C24H17F3N4O2/c25-24(26,27)33-20-8-4-3-7-17(20)14-9-10-19-18(11-14)21(30-23(28)29-19)22(32)31-12-15-5-1-2-6-16(15)13-31/h1-11H,12-13H2,(H2,28,29,30). The lowest BCUT2D eigenvalue weighted by Crippen LogP contribution is -2.27. The minimum Gasteiger partial charge on any atom is -0.405 e. The van der Waals surface area contributed by atoms with E-state index >= 15 is 0 Å². The number of nitrogens with zero attached hydrogens (tertiary/aromatic N) is 3. The largest absolute Gasteiger partial charge is 0.573 e. The lowest BCUT2D eigenvalue weighted by atomic mass is 10.0. The number of fused-ring (bicyclic) bond motifs is 2. The lowest BCUT2D eigenvalue weighted by molar-refractivity contribution is -0.274. The maximum Gasteiger partial charge on any atom is 0.573 e. The van der Waals surface area contributed by atoms with Crippen molar-refractivity contribution in [1.82, 2.24) is 14.9 Å². The van der Waals surface area contributed by atoms with Crippen LogP contribution in [-0.4, -0.2) is 27.1 Å². The number of halogens is 3. The summed E-state index contributed by atoms with van der Waals surface area (Å²) >= 11 is 0. The van der Waals surface area contributed by atoms with Crippen LogP contribution in [0.25, 0.3) is 22.0 Å². The summed E-state index contributed by atoms with van der Waals surface area (Å²) in [5.74, 6) is -0.734. The highest BCUT2D eigenvalue weighted by Gasteiger charge is 2.32. The molecule has 0 spiro atoms.